The molecule has 1 aromatic rings. The lowest BCUT2D eigenvalue weighted by Crippen LogP contribution is -2.49. The van der Waals surface area contributed by atoms with E-state index in [-0.39, 0.29) is 18.2 Å². The summed E-state index contributed by atoms with van der Waals surface area (Å²) in [5.74, 6) is -0.497. The Kier molecular flexibility index (Phi) is 3.67. The Morgan fingerprint density at radius 3 is 2.50 bits per heavy atom. The second kappa shape index (κ2) is 5.24. The molecule has 1 aromatic heterocycles. The molecular weight excluding hydrogens is 340 g/mol. The van der Waals surface area contributed by atoms with E-state index in [0.717, 1.165) is 11.1 Å². The van der Waals surface area contributed by atoms with Gasteiger partial charge in [-0.2, -0.15) is 31.6 Å². The molecule has 1 aliphatic carbocycles. The predicted octanol–water partition coefficient (Wildman–Crippen LogP) is 2.72. The quantitative estimate of drug-likeness (QED) is 0.833. The molecule has 3 rings (SSSR count). The van der Waals surface area contributed by atoms with Gasteiger partial charge in [0.2, 0.25) is 0 Å². The van der Waals surface area contributed by atoms with Crippen LogP contribution in [0.3, 0.4) is 0 Å². The molecule has 0 spiro atoms. The van der Waals surface area contributed by atoms with Crippen LogP contribution in [-0.4, -0.2) is 35.0 Å². The van der Waals surface area contributed by atoms with Crippen LogP contribution in [0, 0.1) is 23.2 Å². The summed E-state index contributed by atoms with van der Waals surface area (Å²) in [7, 11) is 0. The third kappa shape index (κ3) is 2.77. The molecule has 4 atom stereocenters. The third-order valence-corrected chi connectivity index (χ3v) is 4.48. The zero-order valence-electron chi connectivity index (χ0n) is 11.9. The Hall–Kier alpha value is -2.02. The number of hydrogen-bond acceptors (Lipinski definition) is 4. The maximum absolute atomic E-state index is 13.0. The second-order valence-electron chi connectivity index (χ2n) is 5.99. The minimum absolute atomic E-state index is 0.0861. The van der Waals surface area contributed by atoms with E-state index in [1.807, 2.05) is 0 Å². The summed E-state index contributed by atoms with van der Waals surface area (Å²) in [6, 6.07) is 0.592. The number of pyridine rings is 1. The number of piperidine rings is 1. The number of fused-ring (bicyclic) bond motifs is 1. The molecule has 0 unspecified atom stereocenters. The number of rotatable bonds is 2. The van der Waals surface area contributed by atoms with Gasteiger partial charge in [-0.05, 0) is 24.3 Å². The van der Waals surface area contributed by atoms with Crippen LogP contribution in [0.5, 0.6) is 0 Å². The van der Waals surface area contributed by atoms with E-state index in [2.05, 4.69) is 4.98 Å². The average Bonchev–Trinajstić information content (AvgIpc) is 3.15. The number of hydrogen-bond donors (Lipinski definition) is 1. The van der Waals surface area contributed by atoms with Gasteiger partial charge in [0.1, 0.15) is 6.07 Å². The number of aromatic nitrogens is 1. The van der Waals surface area contributed by atoms with Gasteiger partial charge in [-0.1, -0.05) is 0 Å². The van der Waals surface area contributed by atoms with Crippen molar-refractivity contribution < 1.29 is 31.4 Å². The van der Waals surface area contributed by atoms with E-state index in [4.69, 9.17) is 5.26 Å². The van der Waals surface area contributed by atoms with Gasteiger partial charge in [-0.15, -0.1) is 0 Å². The van der Waals surface area contributed by atoms with Gasteiger partial charge in [0.25, 0.3) is 0 Å². The lowest BCUT2D eigenvalue weighted by molar-refractivity contribution is -0.210. The molecule has 10 heteroatoms. The summed E-state index contributed by atoms with van der Waals surface area (Å²) >= 11 is 0. The van der Waals surface area contributed by atoms with Crippen molar-refractivity contribution >= 4 is 5.69 Å². The molecular formula is C14H11F6N3O. The number of nitrogens with zero attached hydrogens (tertiary/aromatic N) is 3. The van der Waals surface area contributed by atoms with Gasteiger partial charge in [0.05, 0.1) is 23.5 Å². The second-order valence-corrected chi connectivity index (χ2v) is 5.99. The Bertz CT molecular complexity index is 695. The van der Waals surface area contributed by atoms with Crippen molar-refractivity contribution in [3.63, 3.8) is 0 Å². The molecule has 0 aromatic carbocycles. The maximum atomic E-state index is 13.0. The Labute approximate surface area is 132 Å². The highest BCUT2D eigenvalue weighted by molar-refractivity contribution is 5.54. The monoisotopic (exact) mass is 351 g/mol. The minimum atomic E-state index is -4.87. The Morgan fingerprint density at radius 2 is 1.96 bits per heavy atom. The lowest BCUT2D eigenvalue weighted by atomic mass is 10.0. The number of aliphatic hydroxyl groups is 1. The summed E-state index contributed by atoms with van der Waals surface area (Å²) in [5, 5.41) is 18.3. The zero-order chi connectivity index (χ0) is 17.9. The van der Waals surface area contributed by atoms with Gasteiger partial charge in [-0.3, -0.25) is 0 Å². The van der Waals surface area contributed by atoms with E-state index in [0.29, 0.717) is 12.5 Å². The van der Waals surface area contributed by atoms with Gasteiger partial charge in [0, 0.05) is 6.54 Å². The zero-order valence-corrected chi connectivity index (χ0v) is 11.9. The maximum Gasteiger partial charge on any atom is 0.419 e. The SMILES string of the molecule is N#Cc1ncc(N2C[C@@H]3C[C@@H]3[C@@H]2[C@H](O)C(F)(F)F)cc1C(F)(F)F. The first-order chi connectivity index (χ1) is 11.0. The van der Waals surface area contributed by atoms with Crippen molar-refractivity contribution in [1.29, 1.82) is 5.26 Å². The first-order valence-electron chi connectivity index (χ1n) is 7.02. The Balaban J connectivity index is 1.98. The Morgan fingerprint density at radius 1 is 1.29 bits per heavy atom. The molecule has 24 heavy (non-hydrogen) atoms. The van der Waals surface area contributed by atoms with Crippen molar-refractivity contribution in [2.24, 2.45) is 11.8 Å². The summed E-state index contributed by atoms with van der Waals surface area (Å²) in [6.07, 6.45) is -10.9. The molecule has 1 saturated heterocycles. The topological polar surface area (TPSA) is 60.2 Å². The fourth-order valence-corrected chi connectivity index (χ4v) is 3.30. The van der Waals surface area contributed by atoms with Crippen LogP contribution < -0.4 is 4.90 Å². The van der Waals surface area contributed by atoms with Gasteiger partial charge >= 0.3 is 12.4 Å². The van der Waals surface area contributed by atoms with Crippen LogP contribution in [0.25, 0.3) is 0 Å². The van der Waals surface area contributed by atoms with Crippen molar-refractivity contribution in [2.45, 2.75) is 30.9 Å². The van der Waals surface area contributed by atoms with Crippen LogP contribution in [0.15, 0.2) is 12.3 Å². The van der Waals surface area contributed by atoms with E-state index in [1.165, 1.54) is 6.07 Å². The highest BCUT2D eigenvalue weighted by Gasteiger charge is 2.60. The van der Waals surface area contributed by atoms with Crippen molar-refractivity contribution in [2.75, 3.05) is 11.4 Å². The number of nitriles is 1. The summed E-state index contributed by atoms with van der Waals surface area (Å²) in [6.45, 7) is 0.118. The smallest absolute Gasteiger partial charge is 0.382 e. The number of halogens is 6. The molecule has 4 nitrogen and oxygen atoms in total. The fourth-order valence-electron chi connectivity index (χ4n) is 3.30. The van der Waals surface area contributed by atoms with Crippen LogP contribution in [0.4, 0.5) is 32.0 Å². The lowest BCUT2D eigenvalue weighted by Gasteiger charge is -2.33. The fraction of sp³-hybridized carbons (Fsp3) is 0.571. The first-order valence-corrected chi connectivity index (χ1v) is 7.02. The molecule has 0 radical (unpaired) electrons. The van der Waals surface area contributed by atoms with E-state index in [1.54, 1.807) is 0 Å². The number of anilines is 1. The summed E-state index contributed by atoms with van der Waals surface area (Å²) in [4.78, 5) is 4.53. The molecule has 2 heterocycles. The van der Waals surface area contributed by atoms with Crippen LogP contribution in [0.2, 0.25) is 0 Å². The predicted molar refractivity (Wildman–Crippen MR) is 68.7 cm³/mol. The molecule has 2 fully saturated rings. The molecule has 1 N–H and O–H groups in total. The average molecular weight is 351 g/mol. The van der Waals surface area contributed by atoms with E-state index in [9.17, 15) is 31.4 Å². The highest BCUT2D eigenvalue weighted by Crippen LogP contribution is 2.53. The standard InChI is InChI=1S/C14H11F6N3O/c15-13(16,17)9-2-7(4-22-10(9)3-21)23-5-6-1-8(6)11(23)12(24)14(18,19)20/h2,4,6,8,11-12,24H,1,5H2/t6-,8-,11+,12-/m0/s1. The molecule has 2 aliphatic rings. The van der Waals surface area contributed by atoms with Gasteiger partial charge in [-0.25, -0.2) is 4.98 Å². The molecule has 0 amide bonds. The first kappa shape index (κ1) is 16.8. The molecule has 1 aliphatic heterocycles. The van der Waals surface area contributed by atoms with Gasteiger partial charge < -0.3 is 10.0 Å². The summed E-state index contributed by atoms with van der Waals surface area (Å²) < 4.78 is 77.5. The normalized spacial score (nSPS) is 27.6. The van der Waals surface area contributed by atoms with Crippen molar-refractivity contribution in [1.82, 2.24) is 4.98 Å². The van der Waals surface area contributed by atoms with Crippen LogP contribution in [0.1, 0.15) is 17.7 Å². The van der Waals surface area contributed by atoms with Crippen molar-refractivity contribution in [3.05, 3.63) is 23.5 Å². The number of alkyl halides is 6. The van der Waals surface area contributed by atoms with Crippen LogP contribution in [-0.2, 0) is 6.18 Å². The molecule has 0 bridgehead atoms. The minimum Gasteiger partial charge on any atom is -0.382 e. The third-order valence-electron chi connectivity index (χ3n) is 4.48. The summed E-state index contributed by atoms with van der Waals surface area (Å²) in [5.41, 5.74) is -2.33. The van der Waals surface area contributed by atoms with E-state index >= 15 is 0 Å². The molecule has 130 valence electrons. The molecule has 1 saturated carbocycles. The van der Waals surface area contributed by atoms with E-state index < -0.39 is 41.7 Å². The van der Waals surface area contributed by atoms with Crippen molar-refractivity contribution in [3.8, 4) is 6.07 Å². The largest absolute Gasteiger partial charge is 0.419 e. The number of aliphatic hydroxyl groups excluding tert-OH is 1. The van der Waals surface area contributed by atoms with Crippen LogP contribution >= 0.6 is 0 Å². The highest BCUT2D eigenvalue weighted by atomic mass is 19.4. The van der Waals surface area contributed by atoms with Gasteiger partial charge in [0.15, 0.2) is 11.8 Å².